The van der Waals surface area contributed by atoms with Crippen LogP contribution in [0.2, 0.25) is 0 Å². The Morgan fingerprint density at radius 2 is 1.80 bits per heavy atom. The minimum atomic E-state index is -0.861. The molecule has 9 nitrogen and oxygen atoms in total. The standard InChI is InChI=1S/C21H18N6O3/c1-12-8-9-14(10-13(12)2)19-22-16(30-24-19)11-26-18-17(23-25-26)20(28)27(21(18)29)15-6-4-3-5-7-15/h3-10,17-18H,11H2,1-2H3/t17-,18+/m0/s1. The molecule has 2 aromatic carbocycles. The molecule has 2 aliphatic rings. The summed E-state index contributed by atoms with van der Waals surface area (Å²) in [7, 11) is 0. The van der Waals surface area contributed by atoms with Crippen LogP contribution in [0, 0.1) is 13.8 Å². The largest absolute Gasteiger partial charge is 0.337 e. The summed E-state index contributed by atoms with van der Waals surface area (Å²) in [5, 5.41) is 13.5. The van der Waals surface area contributed by atoms with Crippen LogP contribution in [0.4, 0.5) is 5.69 Å². The van der Waals surface area contributed by atoms with E-state index in [4.69, 9.17) is 4.52 Å². The molecular weight excluding hydrogens is 384 g/mol. The third-order valence-corrected chi connectivity index (χ3v) is 5.40. The van der Waals surface area contributed by atoms with E-state index in [-0.39, 0.29) is 18.4 Å². The molecule has 5 rings (SSSR count). The van der Waals surface area contributed by atoms with Gasteiger partial charge in [0.25, 0.3) is 11.8 Å². The van der Waals surface area contributed by atoms with Crippen LogP contribution in [-0.4, -0.2) is 39.0 Å². The van der Waals surface area contributed by atoms with Crippen LogP contribution in [0.3, 0.4) is 0 Å². The number of aryl methyl sites for hydroxylation is 2. The topological polar surface area (TPSA) is 104 Å². The lowest BCUT2D eigenvalue weighted by atomic mass is 10.1. The number of nitrogens with zero attached hydrogens (tertiary/aromatic N) is 6. The van der Waals surface area contributed by atoms with Crippen LogP contribution >= 0.6 is 0 Å². The summed E-state index contributed by atoms with van der Waals surface area (Å²) in [6, 6.07) is 13.1. The van der Waals surface area contributed by atoms with Crippen LogP contribution in [0.1, 0.15) is 17.0 Å². The number of rotatable bonds is 4. The molecule has 9 heteroatoms. The lowest BCUT2D eigenvalue weighted by Crippen LogP contribution is -2.39. The summed E-state index contributed by atoms with van der Waals surface area (Å²) in [5.41, 5.74) is 3.67. The molecule has 0 radical (unpaired) electrons. The second-order valence-electron chi connectivity index (χ2n) is 7.35. The normalized spacial score (nSPS) is 20.3. The number of benzene rings is 2. The molecule has 0 saturated carbocycles. The monoisotopic (exact) mass is 402 g/mol. The van der Waals surface area contributed by atoms with Gasteiger partial charge in [-0.2, -0.15) is 10.1 Å². The van der Waals surface area contributed by atoms with Crippen molar-refractivity contribution in [1.29, 1.82) is 0 Å². The molecule has 0 bridgehead atoms. The number of amides is 2. The molecular formula is C21H18N6O3. The van der Waals surface area contributed by atoms with Crippen molar-refractivity contribution in [3.63, 3.8) is 0 Å². The first-order chi connectivity index (χ1) is 14.5. The van der Waals surface area contributed by atoms with Gasteiger partial charge in [0.2, 0.25) is 11.7 Å². The average molecular weight is 402 g/mol. The van der Waals surface area contributed by atoms with Gasteiger partial charge in [-0.05, 0) is 43.2 Å². The van der Waals surface area contributed by atoms with Gasteiger partial charge < -0.3 is 4.52 Å². The van der Waals surface area contributed by atoms with Gasteiger partial charge in [0.1, 0.15) is 6.54 Å². The predicted molar refractivity (Wildman–Crippen MR) is 106 cm³/mol. The van der Waals surface area contributed by atoms with Crippen molar-refractivity contribution < 1.29 is 14.1 Å². The molecule has 0 spiro atoms. The van der Waals surface area contributed by atoms with Gasteiger partial charge in [0.05, 0.1) is 5.69 Å². The lowest BCUT2D eigenvalue weighted by molar-refractivity contribution is -0.123. The number of hydrogen-bond donors (Lipinski definition) is 0. The highest BCUT2D eigenvalue weighted by Gasteiger charge is 2.55. The summed E-state index contributed by atoms with van der Waals surface area (Å²) >= 11 is 0. The zero-order valence-corrected chi connectivity index (χ0v) is 16.4. The van der Waals surface area contributed by atoms with E-state index in [2.05, 4.69) is 20.5 Å². The van der Waals surface area contributed by atoms with Gasteiger partial charge in [-0.3, -0.25) is 14.6 Å². The maximum Gasteiger partial charge on any atom is 0.263 e. The number of fused-ring (bicyclic) bond motifs is 1. The van der Waals surface area contributed by atoms with E-state index in [9.17, 15) is 9.59 Å². The first-order valence-electron chi connectivity index (χ1n) is 9.53. The van der Waals surface area contributed by atoms with Crippen LogP contribution in [0.15, 0.2) is 63.4 Å². The van der Waals surface area contributed by atoms with Crippen molar-refractivity contribution >= 4 is 17.5 Å². The van der Waals surface area contributed by atoms with Gasteiger partial charge >= 0.3 is 0 Å². The molecule has 3 aromatic rings. The maximum atomic E-state index is 13.0. The van der Waals surface area contributed by atoms with Crippen molar-refractivity contribution in [2.45, 2.75) is 32.5 Å². The second kappa shape index (κ2) is 6.87. The highest BCUT2D eigenvalue weighted by atomic mass is 16.5. The predicted octanol–water partition coefficient (Wildman–Crippen LogP) is 2.85. The maximum absolute atomic E-state index is 13.0. The Morgan fingerprint density at radius 1 is 1.00 bits per heavy atom. The number of aromatic nitrogens is 2. The zero-order valence-electron chi connectivity index (χ0n) is 16.4. The fraction of sp³-hybridized carbons (Fsp3) is 0.238. The number of para-hydroxylation sites is 1. The number of carbonyl (C=O) groups is 2. The van der Waals surface area contributed by atoms with E-state index in [1.807, 2.05) is 38.1 Å². The summed E-state index contributed by atoms with van der Waals surface area (Å²) < 4.78 is 5.36. The van der Waals surface area contributed by atoms with E-state index in [1.165, 1.54) is 10.6 Å². The van der Waals surface area contributed by atoms with E-state index < -0.39 is 12.1 Å². The molecule has 0 aliphatic carbocycles. The molecule has 3 heterocycles. The highest BCUT2D eigenvalue weighted by molar-refractivity contribution is 6.25. The summed E-state index contributed by atoms with van der Waals surface area (Å²) in [5.74, 6) is 0.000609. The quantitative estimate of drug-likeness (QED) is 0.622. The van der Waals surface area contributed by atoms with E-state index in [0.29, 0.717) is 17.4 Å². The zero-order chi connectivity index (χ0) is 20.8. The summed E-state index contributed by atoms with van der Waals surface area (Å²) in [6.45, 7) is 4.14. The van der Waals surface area contributed by atoms with Crippen molar-refractivity contribution in [1.82, 2.24) is 15.1 Å². The molecule has 30 heavy (non-hydrogen) atoms. The second-order valence-corrected chi connectivity index (χ2v) is 7.35. The molecule has 1 fully saturated rings. The van der Waals surface area contributed by atoms with E-state index in [0.717, 1.165) is 16.0 Å². The third kappa shape index (κ3) is 2.86. The molecule has 150 valence electrons. The molecule has 1 aromatic heterocycles. The Balaban J connectivity index is 1.36. The SMILES string of the molecule is Cc1ccc(-c2noc(CN3N=N[C@@H]4C(=O)N(c5ccccc5)C(=O)[C@@H]43)n2)cc1C. The molecule has 0 N–H and O–H groups in total. The number of imide groups is 1. The smallest absolute Gasteiger partial charge is 0.263 e. The van der Waals surface area contributed by atoms with E-state index >= 15 is 0 Å². The first-order valence-corrected chi connectivity index (χ1v) is 9.53. The number of carbonyl (C=O) groups excluding carboxylic acids is 2. The van der Waals surface area contributed by atoms with Crippen LogP contribution < -0.4 is 4.90 Å². The van der Waals surface area contributed by atoms with Gasteiger partial charge in [0.15, 0.2) is 12.1 Å². The van der Waals surface area contributed by atoms with Gasteiger partial charge in [0, 0.05) is 5.56 Å². The Labute approximate surface area is 172 Å². The molecule has 2 amide bonds. The van der Waals surface area contributed by atoms with Gasteiger partial charge in [-0.1, -0.05) is 40.7 Å². The minimum Gasteiger partial charge on any atom is -0.337 e. The third-order valence-electron chi connectivity index (χ3n) is 5.40. The van der Waals surface area contributed by atoms with Crippen molar-refractivity contribution in [3.8, 4) is 11.4 Å². The van der Waals surface area contributed by atoms with Crippen molar-refractivity contribution in [2.24, 2.45) is 10.3 Å². The summed E-state index contributed by atoms with van der Waals surface area (Å²) in [6.07, 6.45) is 0. The fourth-order valence-electron chi connectivity index (χ4n) is 3.64. The Kier molecular flexibility index (Phi) is 4.16. The van der Waals surface area contributed by atoms with Gasteiger partial charge in [-0.25, -0.2) is 4.90 Å². The molecule has 1 saturated heterocycles. The van der Waals surface area contributed by atoms with E-state index in [1.54, 1.807) is 24.3 Å². The summed E-state index contributed by atoms with van der Waals surface area (Å²) in [4.78, 5) is 31.3. The average Bonchev–Trinajstić information content (AvgIpc) is 3.43. The molecule has 2 atom stereocenters. The Bertz CT molecular complexity index is 1170. The molecule has 2 aliphatic heterocycles. The van der Waals surface area contributed by atoms with Gasteiger partial charge in [-0.15, -0.1) is 0 Å². The number of hydrogen-bond acceptors (Lipinski definition) is 8. The fourth-order valence-corrected chi connectivity index (χ4v) is 3.64. The minimum absolute atomic E-state index is 0.0875. The van der Waals surface area contributed by atoms with Crippen molar-refractivity contribution in [3.05, 3.63) is 65.5 Å². The van der Waals surface area contributed by atoms with Crippen LogP contribution in [0.5, 0.6) is 0 Å². The Hall–Kier alpha value is -3.88. The number of anilines is 1. The van der Waals surface area contributed by atoms with Crippen LogP contribution in [0.25, 0.3) is 11.4 Å². The highest BCUT2D eigenvalue weighted by Crippen LogP contribution is 2.32. The molecule has 0 unspecified atom stereocenters. The first kappa shape index (κ1) is 18.2. The Morgan fingerprint density at radius 3 is 2.57 bits per heavy atom. The lowest BCUT2D eigenvalue weighted by Gasteiger charge is -2.19. The van der Waals surface area contributed by atoms with Crippen LogP contribution in [-0.2, 0) is 16.1 Å². The van der Waals surface area contributed by atoms with Crippen molar-refractivity contribution in [2.75, 3.05) is 4.90 Å².